The third kappa shape index (κ3) is 1.78. The van der Waals surface area contributed by atoms with Crippen LogP contribution in [0.3, 0.4) is 0 Å². The Morgan fingerprint density at radius 1 is 1.07 bits per heavy atom. The SMILES string of the molecule is C=C(c1ccccc1)c1ccc(C)s1. The quantitative estimate of drug-likeness (QED) is 0.684. The van der Waals surface area contributed by atoms with Gasteiger partial charge in [0.05, 0.1) is 0 Å². The summed E-state index contributed by atoms with van der Waals surface area (Å²) < 4.78 is 0. The van der Waals surface area contributed by atoms with Crippen LogP contribution in [-0.2, 0) is 0 Å². The number of hydrogen-bond acceptors (Lipinski definition) is 1. The van der Waals surface area contributed by atoms with Crippen molar-refractivity contribution in [1.82, 2.24) is 0 Å². The summed E-state index contributed by atoms with van der Waals surface area (Å²) in [5.74, 6) is 0. The molecule has 2 rings (SSSR count). The Hall–Kier alpha value is -1.34. The van der Waals surface area contributed by atoms with Crippen LogP contribution < -0.4 is 0 Å². The van der Waals surface area contributed by atoms with Crippen molar-refractivity contribution < 1.29 is 0 Å². The Bertz CT molecular complexity index is 437. The third-order valence-corrected chi connectivity index (χ3v) is 3.22. The molecule has 1 aromatic heterocycles. The van der Waals surface area contributed by atoms with Gasteiger partial charge in [0, 0.05) is 9.75 Å². The lowest BCUT2D eigenvalue weighted by molar-refractivity contribution is 1.61. The Morgan fingerprint density at radius 3 is 2.36 bits per heavy atom. The Balaban J connectivity index is 2.34. The lowest BCUT2D eigenvalue weighted by atomic mass is 10.1. The van der Waals surface area contributed by atoms with Crippen LogP contribution in [0.25, 0.3) is 5.57 Å². The van der Waals surface area contributed by atoms with Gasteiger partial charge in [0.2, 0.25) is 0 Å². The fourth-order valence-electron chi connectivity index (χ4n) is 1.38. The maximum absolute atomic E-state index is 4.12. The molecular weight excluding hydrogens is 188 g/mol. The minimum absolute atomic E-state index is 1.11. The highest BCUT2D eigenvalue weighted by molar-refractivity contribution is 7.13. The van der Waals surface area contributed by atoms with E-state index in [0.29, 0.717) is 0 Å². The number of benzene rings is 1. The molecule has 2 aromatic rings. The van der Waals surface area contributed by atoms with E-state index in [9.17, 15) is 0 Å². The van der Waals surface area contributed by atoms with Gasteiger partial charge in [-0.1, -0.05) is 36.9 Å². The van der Waals surface area contributed by atoms with E-state index >= 15 is 0 Å². The summed E-state index contributed by atoms with van der Waals surface area (Å²) in [6, 6.07) is 14.6. The minimum Gasteiger partial charge on any atom is -0.141 e. The van der Waals surface area contributed by atoms with Crippen LogP contribution in [0, 0.1) is 6.92 Å². The summed E-state index contributed by atoms with van der Waals surface area (Å²) in [6.07, 6.45) is 0. The average molecular weight is 200 g/mol. The molecule has 0 atom stereocenters. The Kier molecular flexibility index (Phi) is 2.51. The van der Waals surface area contributed by atoms with Gasteiger partial charge >= 0.3 is 0 Å². The van der Waals surface area contributed by atoms with Crippen LogP contribution in [0.15, 0.2) is 49.0 Å². The van der Waals surface area contributed by atoms with Gasteiger partial charge in [-0.05, 0) is 30.2 Å². The zero-order valence-corrected chi connectivity index (χ0v) is 8.97. The third-order valence-electron chi connectivity index (χ3n) is 2.16. The number of hydrogen-bond donors (Lipinski definition) is 0. The summed E-state index contributed by atoms with van der Waals surface area (Å²) in [5.41, 5.74) is 2.32. The van der Waals surface area contributed by atoms with Crippen molar-refractivity contribution in [3.8, 4) is 0 Å². The van der Waals surface area contributed by atoms with Crippen LogP contribution in [0.2, 0.25) is 0 Å². The lowest BCUT2D eigenvalue weighted by Gasteiger charge is -2.01. The summed E-state index contributed by atoms with van der Waals surface area (Å²) in [5, 5.41) is 0. The van der Waals surface area contributed by atoms with E-state index in [1.807, 2.05) is 18.2 Å². The summed E-state index contributed by atoms with van der Waals surface area (Å²) >= 11 is 1.79. The summed E-state index contributed by atoms with van der Waals surface area (Å²) in [7, 11) is 0. The molecule has 0 nitrogen and oxygen atoms in total. The molecule has 0 radical (unpaired) electrons. The van der Waals surface area contributed by atoms with E-state index in [1.165, 1.54) is 15.3 Å². The van der Waals surface area contributed by atoms with Gasteiger partial charge in [0.25, 0.3) is 0 Å². The molecule has 1 heteroatoms. The van der Waals surface area contributed by atoms with Crippen molar-refractivity contribution >= 4 is 16.9 Å². The van der Waals surface area contributed by atoms with Gasteiger partial charge in [-0.3, -0.25) is 0 Å². The van der Waals surface area contributed by atoms with Gasteiger partial charge in [-0.15, -0.1) is 11.3 Å². The molecule has 0 saturated carbocycles. The Morgan fingerprint density at radius 2 is 1.79 bits per heavy atom. The van der Waals surface area contributed by atoms with Crippen LogP contribution in [0.4, 0.5) is 0 Å². The highest BCUT2D eigenvalue weighted by Crippen LogP contribution is 2.27. The van der Waals surface area contributed by atoms with Gasteiger partial charge in [-0.25, -0.2) is 0 Å². The molecule has 14 heavy (non-hydrogen) atoms. The van der Waals surface area contributed by atoms with Gasteiger partial charge in [0.15, 0.2) is 0 Å². The Labute approximate surface area is 88.5 Å². The van der Waals surface area contributed by atoms with E-state index in [1.54, 1.807) is 11.3 Å². The van der Waals surface area contributed by atoms with Crippen molar-refractivity contribution in [2.75, 3.05) is 0 Å². The molecular formula is C13H12S. The molecule has 0 aliphatic rings. The monoisotopic (exact) mass is 200 g/mol. The van der Waals surface area contributed by atoms with Crippen molar-refractivity contribution in [2.45, 2.75) is 6.92 Å². The maximum atomic E-state index is 4.12. The highest BCUT2D eigenvalue weighted by atomic mass is 32.1. The fraction of sp³-hybridized carbons (Fsp3) is 0.0769. The predicted octanol–water partition coefficient (Wildman–Crippen LogP) is 4.12. The molecule has 1 heterocycles. The molecule has 0 N–H and O–H groups in total. The zero-order chi connectivity index (χ0) is 9.97. The highest BCUT2D eigenvalue weighted by Gasteiger charge is 2.03. The fourth-order valence-corrected chi connectivity index (χ4v) is 2.24. The van der Waals surface area contributed by atoms with Crippen LogP contribution >= 0.6 is 11.3 Å². The van der Waals surface area contributed by atoms with Crippen LogP contribution in [0.1, 0.15) is 15.3 Å². The maximum Gasteiger partial charge on any atom is 0.0345 e. The number of thiophene rings is 1. The first-order valence-electron chi connectivity index (χ1n) is 4.58. The van der Waals surface area contributed by atoms with Crippen LogP contribution in [0.5, 0.6) is 0 Å². The molecule has 0 amide bonds. The molecule has 0 aliphatic heterocycles. The second kappa shape index (κ2) is 3.81. The first-order valence-corrected chi connectivity index (χ1v) is 5.40. The average Bonchev–Trinajstić information content (AvgIpc) is 2.65. The van der Waals surface area contributed by atoms with E-state index in [0.717, 1.165) is 5.57 Å². The van der Waals surface area contributed by atoms with E-state index in [4.69, 9.17) is 0 Å². The molecule has 0 unspecified atom stereocenters. The number of rotatable bonds is 2. The number of aryl methyl sites for hydroxylation is 1. The topological polar surface area (TPSA) is 0 Å². The van der Waals surface area contributed by atoms with Gasteiger partial charge in [-0.2, -0.15) is 0 Å². The molecule has 0 bridgehead atoms. The van der Waals surface area contributed by atoms with Crippen molar-refractivity contribution in [1.29, 1.82) is 0 Å². The lowest BCUT2D eigenvalue weighted by Crippen LogP contribution is -1.80. The summed E-state index contributed by atoms with van der Waals surface area (Å²) in [4.78, 5) is 2.59. The summed E-state index contributed by atoms with van der Waals surface area (Å²) in [6.45, 7) is 6.24. The minimum atomic E-state index is 1.11. The predicted molar refractivity (Wildman–Crippen MR) is 63.6 cm³/mol. The second-order valence-corrected chi connectivity index (χ2v) is 4.54. The van der Waals surface area contributed by atoms with E-state index in [-0.39, 0.29) is 0 Å². The van der Waals surface area contributed by atoms with Crippen molar-refractivity contribution in [3.05, 3.63) is 64.4 Å². The first-order chi connectivity index (χ1) is 6.77. The molecule has 70 valence electrons. The molecule has 0 fully saturated rings. The molecule has 0 saturated heterocycles. The smallest absolute Gasteiger partial charge is 0.0345 e. The van der Waals surface area contributed by atoms with Crippen LogP contribution in [-0.4, -0.2) is 0 Å². The molecule has 1 aromatic carbocycles. The normalized spacial score (nSPS) is 10.1. The van der Waals surface area contributed by atoms with Gasteiger partial charge in [0.1, 0.15) is 0 Å². The van der Waals surface area contributed by atoms with Crippen molar-refractivity contribution in [3.63, 3.8) is 0 Å². The standard InChI is InChI=1S/C13H12S/c1-10-8-9-13(14-10)11(2)12-6-4-3-5-7-12/h3-9H,2H2,1H3. The largest absolute Gasteiger partial charge is 0.141 e. The zero-order valence-electron chi connectivity index (χ0n) is 8.16. The first kappa shape index (κ1) is 9.22. The van der Waals surface area contributed by atoms with Gasteiger partial charge < -0.3 is 0 Å². The second-order valence-electron chi connectivity index (χ2n) is 3.25. The molecule has 0 spiro atoms. The van der Waals surface area contributed by atoms with E-state index < -0.39 is 0 Å². The molecule has 0 aliphatic carbocycles. The van der Waals surface area contributed by atoms with Crippen molar-refractivity contribution in [2.24, 2.45) is 0 Å². The van der Waals surface area contributed by atoms with E-state index in [2.05, 4.69) is 37.8 Å².